The lowest BCUT2D eigenvalue weighted by atomic mass is 9.72. The maximum atomic E-state index is 5.99. The third-order valence-corrected chi connectivity index (χ3v) is 3.94. The lowest BCUT2D eigenvalue weighted by Crippen LogP contribution is -2.35. The van der Waals surface area contributed by atoms with Crippen LogP contribution in [0.5, 0.6) is 0 Å². The number of hydrogen-bond donors (Lipinski definition) is 2. The van der Waals surface area contributed by atoms with E-state index in [2.05, 4.69) is 22.1 Å². The Kier molecular flexibility index (Phi) is 4.15. The lowest BCUT2D eigenvalue weighted by Gasteiger charge is -2.35. The van der Waals surface area contributed by atoms with Crippen LogP contribution < -0.4 is 5.73 Å². The molecule has 0 radical (unpaired) electrons. The number of aromatic nitrogens is 3. The lowest BCUT2D eigenvalue weighted by molar-refractivity contribution is 0.194. The summed E-state index contributed by atoms with van der Waals surface area (Å²) in [6.07, 6.45) is 9.51. The standard InChI is InChI=1S/C13H24N4/c1-2-6-11-15-12(17-16-11)9-13(10-14)7-4-3-5-8-13/h2-10,14H2,1H3,(H,15,16,17). The predicted octanol–water partition coefficient (Wildman–Crippen LogP) is 2.21. The van der Waals surface area contributed by atoms with E-state index in [9.17, 15) is 0 Å². The predicted molar refractivity (Wildman–Crippen MR) is 68.7 cm³/mol. The van der Waals surface area contributed by atoms with E-state index in [1.165, 1.54) is 32.1 Å². The van der Waals surface area contributed by atoms with Crippen molar-refractivity contribution in [2.45, 2.75) is 58.3 Å². The first kappa shape index (κ1) is 12.6. The van der Waals surface area contributed by atoms with Gasteiger partial charge >= 0.3 is 0 Å². The summed E-state index contributed by atoms with van der Waals surface area (Å²) in [6, 6.07) is 0. The molecule has 0 bridgehead atoms. The molecule has 0 saturated heterocycles. The van der Waals surface area contributed by atoms with Gasteiger partial charge < -0.3 is 5.73 Å². The molecule has 1 aromatic rings. The van der Waals surface area contributed by atoms with E-state index in [1.807, 2.05) is 0 Å². The number of nitrogens with zero attached hydrogens (tertiary/aromatic N) is 2. The Morgan fingerprint density at radius 1 is 1.29 bits per heavy atom. The summed E-state index contributed by atoms with van der Waals surface area (Å²) in [5.74, 6) is 1.98. The quantitative estimate of drug-likeness (QED) is 0.823. The van der Waals surface area contributed by atoms with Gasteiger partial charge in [-0.2, -0.15) is 5.10 Å². The van der Waals surface area contributed by atoms with Crippen LogP contribution in [0, 0.1) is 5.41 Å². The topological polar surface area (TPSA) is 67.6 Å². The van der Waals surface area contributed by atoms with Crippen molar-refractivity contribution in [2.75, 3.05) is 6.54 Å². The molecule has 4 heteroatoms. The summed E-state index contributed by atoms with van der Waals surface area (Å²) in [5, 5.41) is 7.34. The van der Waals surface area contributed by atoms with E-state index in [-0.39, 0.29) is 5.41 Å². The molecule has 1 fully saturated rings. The minimum atomic E-state index is 0.279. The van der Waals surface area contributed by atoms with Gasteiger partial charge in [-0.25, -0.2) is 4.98 Å². The van der Waals surface area contributed by atoms with Crippen LogP contribution in [0.4, 0.5) is 0 Å². The van der Waals surface area contributed by atoms with Gasteiger partial charge in [-0.3, -0.25) is 5.10 Å². The zero-order valence-corrected chi connectivity index (χ0v) is 10.8. The molecule has 17 heavy (non-hydrogen) atoms. The highest BCUT2D eigenvalue weighted by Crippen LogP contribution is 2.37. The van der Waals surface area contributed by atoms with Crippen molar-refractivity contribution in [3.05, 3.63) is 11.6 Å². The number of H-pyrrole nitrogens is 1. The molecule has 0 aliphatic heterocycles. The largest absolute Gasteiger partial charge is 0.330 e. The Bertz CT molecular complexity index is 339. The summed E-state index contributed by atoms with van der Waals surface area (Å²) in [6.45, 7) is 2.93. The SMILES string of the molecule is CCCc1n[nH]c(CC2(CN)CCCCC2)n1. The van der Waals surface area contributed by atoms with Crippen LogP contribution in [-0.2, 0) is 12.8 Å². The van der Waals surface area contributed by atoms with E-state index in [1.54, 1.807) is 0 Å². The monoisotopic (exact) mass is 236 g/mol. The van der Waals surface area contributed by atoms with Gasteiger partial charge in [0.05, 0.1) is 0 Å². The number of aromatic amines is 1. The molecule has 0 spiro atoms. The van der Waals surface area contributed by atoms with Gasteiger partial charge in [-0.05, 0) is 31.2 Å². The summed E-state index contributed by atoms with van der Waals surface area (Å²) in [7, 11) is 0. The van der Waals surface area contributed by atoms with Crippen molar-refractivity contribution in [3.63, 3.8) is 0 Å². The normalized spacial score (nSPS) is 19.4. The molecular formula is C13H24N4. The third-order valence-electron chi connectivity index (χ3n) is 3.94. The van der Waals surface area contributed by atoms with Crippen molar-refractivity contribution in [2.24, 2.45) is 11.1 Å². The minimum absolute atomic E-state index is 0.279. The van der Waals surface area contributed by atoms with E-state index in [0.29, 0.717) is 0 Å². The average molecular weight is 236 g/mol. The molecule has 4 nitrogen and oxygen atoms in total. The first-order chi connectivity index (χ1) is 8.28. The maximum absolute atomic E-state index is 5.99. The molecule has 2 rings (SSSR count). The van der Waals surface area contributed by atoms with Crippen LogP contribution in [0.3, 0.4) is 0 Å². The molecule has 3 N–H and O–H groups in total. The molecule has 0 aromatic carbocycles. The summed E-state index contributed by atoms with van der Waals surface area (Å²) in [5.41, 5.74) is 6.27. The second-order valence-corrected chi connectivity index (χ2v) is 5.39. The number of nitrogens with one attached hydrogen (secondary N) is 1. The molecule has 1 aliphatic carbocycles. The average Bonchev–Trinajstić information content (AvgIpc) is 2.78. The number of nitrogens with two attached hydrogens (primary N) is 1. The van der Waals surface area contributed by atoms with Crippen molar-refractivity contribution in [1.29, 1.82) is 0 Å². The van der Waals surface area contributed by atoms with Crippen molar-refractivity contribution >= 4 is 0 Å². The van der Waals surface area contributed by atoms with Gasteiger partial charge in [0.15, 0.2) is 5.82 Å². The highest BCUT2D eigenvalue weighted by atomic mass is 15.2. The van der Waals surface area contributed by atoms with Gasteiger partial charge in [0.1, 0.15) is 5.82 Å². The van der Waals surface area contributed by atoms with E-state index in [4.69, 9.17) is 5.73 Å². The molecule has 1 heterocycles. The Balaban J connectivity index is 2.01. The molecule has 0 amide bonds. The second kappa shape index (κ2) is 5.63. The van der Waals surface area contributed by atoms with Crippen molar-refractivity contribution < 1.29 is 0 Å². The van der Waals surface area contributed by atoms with E-state index >= 15 is 0 Å². The fourth-order valence-electron chi connectivity index (χ4n) is 2.86. The third kappa shape index (κ3) is 3.06. The van der Waals surface area contributed by atoms with Crippen molar-refractivity contribution in [1.82, 2.24) is 15.2 Å². The van der Waals surface area contributed by atoms with Gasteiger partial charge in [0, 0.05) is 12.8 Å². The summed E-state index contributed by atoms with van der Waals surface area (Å²) >= 11 is 0. The minimum Gasteiger partial charge on any atom is -0.330 e. The van der Waals surface area contributed by atoms with Crippen LogP contribution in [0.25, 0.3) is 0 Å². The summed E-state index contributed by atoms with van der Waals surface area (Å²) in [4.78, 5) is 4.56. The highest BCUT2D eigenvalue weighted by Gasteiger charge is 2.31. The Labute approximate surface area is 103 Å². The Hall–Kier alpha value is -0.900. The smallest absolute Gasteiger partial charge is 0.150 e. The zero-order chi connectivity index (χ0) is 12.1. The molecule has 0 atom stereocenters. The van der Waals surface area contributed by atoms with Crippen LogP contribution >= 0.6 is 0 Å². The first-order valence-corrected chi connectivity index (χ1v) is 6.88. The molecule has 0 unspecified atom stereocenters. The fourth-order valence-corrected chi connectivity index (χ4v) is 2.86. The van der Waals surface area contributed by atoms with E-state index < -0.39 is 0 Å². The van der Waals surface area contributed by atoms with Crippen molar-refractivity contribution in [3.8, 4) is 0 Å². The number of aryl methyl sites for hydroxylation is 1. The van der Waals surface area contributed by atoms with Crippen LogP contribution in [0.15, 0.2) is 0 Å². The highest BCUT2D eigenvalue weighted by molar-refractivity contribution is 4.98. The van der Waals surface area contributed by atoms with Gasteiger partial charge in [0.25, 0.3) is 0 Å². The molecule has 1 aliphatic rings. The Morgan fingerprint density at radius 2 is 2.06 bits per heavy atom. The summed E-state index contributed by atoms with van der Waals surface area (Å²) < 4.78 is 0. The van der Waals surface area contributed by atoms with Crippen LogP contribution in [0.2, 0.25) is 0 Å². The zero-order valence-electron chi connectivity index (χ0n) is 10.8. The number of hydrogen-bond acceptors (Lipinski definition) is 3. The van der Waals surface area contributed by atoms with E-state index in [0.717, 1.165) is 37.5 Å². The molecule has 96 valence electrons. The molecular weight excluding hydrogens is 212 g/mol. The fraction of sp³-hybridized carbons (Fsp3) is 0.846. The van der Waals surface area contributed by atoms with Crippen LogP contribution in [-0.4, -0.2) is 21.7 Å². The first-order valence-electron chi connectivity index (χ1n) is 6.88. The van der Waals surface area contributed by atoms with Gasteiger partial charge in [-0.15, -0.1) is 0 Å². The Morgan fingerprint density at radius 3 is 2.71 bits per heavy atom. The van der Waals surface area contributed by atoms with Gasteiger partial charge in [0.2, 0.25) is 0 Å². The van der Waals surface area contributed by atoms with Crippen LogP contribution in [0.1, 0.15) is 57.1 Å². The second-order valence-electron chi connectivity index (χ2n) is 5.39. The maximum Gasteiger partial charge on any atom is 0.150 e. The molecule has 1 saturated carbocycles. The molecule has 1 aromatic heterocycles. The number of rotatable bonds is 5. The van der Waals surface area contributed by atoms with Gasteiger partial charge in [-0.1, -0.05) is 26.2 Å².